The molecule has 2 amide bonds. The van der Waals surface area contributed by atoms with Crippen molar-refractivity contribution >= 4 is 11.8 Å². The molecule has 152 valence electrons. The number of nitrogens with zero attached hydrogens (tertiary/aromatic N) is 3. The number of nitrogens with one attached hydrogen (secondary N) is 1. The minimum atomic E-state index is -0.318. The summed E-state index contributed by atoms with van der Waals surface area (Å²) in [4.78, 5) is 46.5. The van der Waals surface area contributed by atoms with Crippen LogP contribution in [0, 0.1) is 5.41 Å². The second-order valence-electron chi connectivity index (χ2n) is 8.14. The fourth-order valence-corrected chi connectivity index (χ4v) is 4.43. The van der Waals surface area contributed by atoms with E-state index in [1.54, 1.807) is 4.90 Å². The standard InChI is InChI=1S/C22H26N4O3/c27-19-15-23-18(14-24-19)21(29)25-12-9-22(10-13-25)8-6-20(28)26(16-22)11-7-17-4-2-1-3-5-17/h1-5,14-15H,6-13,16H2,(H,24,27). The molecule has 0 saturated carbocycles. The van der Waals surface area contributed by atoms with Crippen molar-refractivity contribution in [1.29, 1.82) is 0 Å². The van der Waals surface area contributed by atoms with E-state index in [-0.39, 0.29) is 28.5 Å². The van der Waals surface area contributed by atoms with Gasteiger partial charge in [0.05, 0.1) is 6.20 Å². The number of benzene rings is 1. The van der Waals surface area contributed by atoms with Gasteiger partial charge in [-0.3, -0.25) is 14.4 Å². The van der Waals surface area contributed by atoms with Crippen molar-refractivity contribution in [3.05, 3.63) is 64.3 Å². The lowest BCUT2D eigenvalue weighted by molar-refractivity contribution is -0.138. The van der Waals surface area contributed by atoms with E-state index in [1.165, 1.54) is 11.8 Å². The smallest absolute Gasteiger partial charge is 0.273 e. The molecule has 0 aliphatic carbocycles. The zero-order chi connectivity index (χ0) is 20.3. The zero-order valence-electron chi connectivity index (χ0n) is 16.5. The Morgan fingerprint density at radius 2 is 1.86 bits per heavy atom. The molecule has 2 aliphatic rings. The van der Waals surface area contributed by atoms with Gasteiger partial charge in [0.15, 0.2) is 0 Å². The molecule has 0 atom stereocenters. The summed E-state index contributed by atoms with van der Waals surface area (Å²) in [6.07, 6.45) is 6.63. The summed E-state index contributed by atoms with van der Waals surface area (Å²) >= 11 is 0. The van der Waals surface area contributed by atoms with Crippen LogP contribution < -0.4 is 5.56 Å². The molecule has 2 aliphatic heterocycles. The van der Waals surface area contributed by atoms with Gasteiger partial charge in [0.2, 0.25) is 5.91 Å². The van der Waals surface area contributed by atoms with Gasteiger partial charge in [-0.1, -0.05) is 30.3 Å². The van der Waals surface area contributed by atoms with Crippen LogP contribution in [0.25, 0.3) is 0 Å². The van der Waals surface area contributed by atoms with Crippen LogP contribution in [0.15, 0.2) is 47.5 Å². The van der Waals surface area contributed by atoms with Crippen molar-refractivity contribution in [3.8, 4) is 0 Å². The molecule has 1 N–H and O–H groups in total. The van der Waals surface area contributed by atoms with Gasteiger partial charge in [-0.25, -0.2) is 4.98 Å². The summed E-state index contributed by atoms with van der Waals surface area (Å²) in [5, 5.41) is 0. The first kappa shape index (κ1) is 19.4. The molecule has 0 radical (unpaired) electrons. The number of likely N-dealkylation sites (tertiary alicyclic amines) is 2. The van der Waals surface area contributed by atoms with E-state index in [0.717, 1.165) is 45.0 Å². The summed E-state index contributed by atoms with van der Waals surface area (Å²) < 4.78 is 0. The van der Waals surface area contributed by atoms with E-state index < -0.39 is 0 Å². The molecule has 7 nitrogen and oxygen atoms in total. The van der Waals surface area contributed by atoms with Gasteiger partial charge in [-0.2, -0.15) is 0 Å². The second kappa shape index (κ2) is 8.19. The summed E-state index contributed by atoms with van der Waals surface area (Å²) in [7, 11) is 0. The van der Waals surface area contributed by atoms with Gasteiger partial charge in [0, 0.05) is 38.8 Å². The monoisotopic (exact) mass is 394 g/mol. The number of carbonyl (C=O) groups is 2. The Morgan fingerprint density at radius 3 is 2.55 bits per heavy atom. The van der Waals surface area contributed by atoms with E-state index in [9.17, 15) is 14.4 Å². The summed E-state index contributed by atoms with van der Waals surface area (Å²) in [6.45, 7) is 2.83. The van der Waals surface area contributed by atoms with Crippen LogP contribution in [0.3, 0.4) is 0 Å². The first-order valence-corrected chi connectivity index (χ1v) is 10.2. The maximum absolute atomic E-state index is 12.6. The fourth-order valence-electron chi connectivity index (χ4n) is 4.43. The molecule has 3 heterocycles. The predicted octanol–water partition coefficient (Wildman–Crippen LogP) is 1.86. The van der Waals surface area contributed by atoms with Crippen LogP contribution in [0.5, 0.6) is 0 Å². The molecular formula is C22H26N4O3. The number of H-pyrrole nitrogens is 1. The van der Waals surface area contributed by atoms with Crippen molar-refractivity contribution in [3.63, 3.8) is 0 Å². The highest BCUT2D eigenvalue weighted by Gasteiger charge is 2.41. The summed E-state index contributed by atoms with van der Waals surface area (Å²) in [5.41, 5.74) is 1.29. The van der Waals surface area contributed by atoms with Gasteiger partial charge in [0.1, 0.15) is 5.69 Å². The largest absolute Gasteiger partial charge is 0.342 e. The zero-order valence-corrected chi connectivity index (χ0v) is 16.5. The molecule has 7 heteroatoms. The van der Waals surface area contributed by atoms with Gasteiger partial charge >= 0.3 is 0 Å². The van der Waals surface area contributed by atoms with E-state index in [2.05, 4.69) is 22.1 Å². The van der Waals surface area contributed by atoms with Crippen molar-refractivity contribution in [2.45, 2.75) is 32.1 Å². The molecule has 2 aromatic rings. The molecule has 2 fully saturated rings. The highest BCUT2D eigenvalue weighted by molar-refractivity contribution is 5.92. The van der Waals surface area contributed by atoms with E-state index in [0.29, 0.717) is 19.5 Å². The lowest BCUT2D eigenvalue weighted by atomic mass is 9.72. The third kappa shape index (κ3) is 4.39. The maximum Gasteiger partial charge on any atom is 0.273 e. The van der Waals surface area contributed by atoms with E-state index >= 15 is 0 Å². The van der Waals surface area contributed by atoms with Crippen molar-refractivity contribution in [2.75, 3.05) is 26.2 Å². The fraction of sp³-hybridized carbons (Fsp3) is 0.455. The molecule has 1 aromatic carbocycles. The molecule has 0 unspecified atom stereocenters. The van der Waals surface area contributed by atoms with Crippen molar-refractivity contribution in [1.82, 2.24) is 19.8 Å². The molecule has 1 spiro atoms. The number of rotatable bonds is 4. The van der Waals surface area contributed by atoms with Crippen LogP contribution in [0.1, 0.15) is 41.7 Å². The number of hydrogen-bond donors (Lipinski definition) is 1. The number of piperidine rings is 2. The Kier molecular flexibility index (Phi) is 5.47. The average Bonchev–Trinajstić information content (AvgIpc) is 2.76. The lowest BCUT2D eigenvalue weighted by Gasteiger charge is -2.47. The van der Waals surface area contributed by atoms with Gasteiger partial charge in [0.25, 0.3) is 11.5 Å². The highest BCUT2D eigenvalue weighted by Crippen LogP contribution is 2.40. The predicted molar refractivity (Wildman–Crippen MR) is 108 cm³/mol. The molecule has 1 aromatic heterocycles. The normalized spacial score (nSPS) is 18.8. The molecule has 29 heavy (non-hydrogen) atoms. The Balaban J connectivity index is 1.35. The number of hydrogen-bond acceptors (Lipinski definition) is 4. The van der Waals surface area contributed by atoms with Crippen LogP contribution in [-0.4, -0.2) is 57.8 Å². The molecular weight excluding hydrogens is 368 g/mol. The van der Waals surface area contributed by atoms with Crippen LogP contribution in [-0.2, 0) is 11.2 Å². The van der Waals surface area contributed by atoms with Crippen molar-refractivity contribution < 1.29 is 9.59 Å². The third-order valence-corrected chi connectivity index (χ3v) is 6.26. The van der Waals surface area contributed by atoms with Gasteiger partial charge < -0.3 is 14.8 Å². The number of carbonyl (C=O) groups excluding carboxylic acids is 2. The molecule has 2 saturated heterocycles. The third-order valence-electron chi connectivity index (χ3n) is 6.26. The quantitative estimate of drug-likeness (QED) is 0.858. The summed E-state index contributed by atoms with van der Waals surface area (Å²) in [5.74, 6) is 0.0893. The molecule has 0 bridgehead atoms. The topological polar surface area (TPSA) is 86.4 Å². The Labute approximate surface area is 169 Å². The number of aromatic nitrogens is 2. The van der Waals surface area contributed by atoms with Gasteiger partial charge in [-0.15, -0.1) is 0 Å². The average molecular weight is 394 g/mol. The Bertz CT molecular complexity index is 912. The summed E-state index contributed by atoms with van der Waals surface area (Å²) in [6, 6.07) is 10.2. The SMILES string of the molecule is O=C1CCC2(CCN(C(=O)c3c[nH]c(=O)cn3)CC2)CN1CCc1ccccc1. The van der Waals surface area contributed by atoms with Crippen LogP contribution in [0.4, 0.5) is 0 Å². The minimum Gasteiger partial charge on any atom is -0.342 e. The number of amides is 2. The second-order valence-corrected chi connectivity index (χ2v) is 8.14. The van der Waals surface area contributed by atoms with Crippen LogP contribution in [0.2, 0.25) is 0 Å². The highest BCUT2D eigenvalue weighted by atomic mass is 16.2. The lowest BCUT2D eigenvalue weighted by Crippen LogP contribution is -2.52. The van der Waals surface area contributed by atoms with Crippen molar-refractivity contribution in [2.24, 2.45) is 5.41 Å². The Morgan fingerprint density at radius 1 is 1.10 bits per heavy atom. The van der Waals surface area contributed by atoms with Gasteiger partial charge in [-0.05, 0) is 36.7 Å². The van der Waals surface area contributed by atoms with Crippen LogP contribution >= 0.6 is 0 Å². The van der Waals surface area contributed by atoms with E-state index in [4.69, 9.17) is 0 Å². The first-order chi connectivity index (χ1) is 14.0. The first-order valence-electron chi connectivity index (χ1n) is 10.2. The maximum atomic E-state index is 12.6. The van der Waals surface area contributed by atoms with E-state index in [1.807, 2.05) is 23.1 Å². The molecule has 4 rings (SSSR count). The number of aromatic amines is 1. The Hall–Kier alpha value is -2.96. The minimum absolute atomic E-state index is 0.0970.